The summed E-state index contributed by atoms with van der Waals surface area (Å²) in [6, 6.07) is 19.1. The average molecular weight is 568 g/mol. The van der Waals surface area contributed by atoms with Crippen molar-refractivity contribution in [3.8, 4) is 11.5 Å². The number of para-hydroxylation sites is 2. The topological polar surface area (TPSA) is 59.1 Å². The maximum absolute atomic E-state index is 14.1. The molecule has 36 heavy (non-hydrogen) atoms. The first-order valence-corrected chi connectivity index (χ1v) is 13.5. The highest BCUT2D eigenvalue weighted by atomic mass is 79.9. The van der Waals surface area contributed by atoms with Crippen LogP contribution >= 0.6 is 27.7 Å². The number of rotatable bonds is 5. The second-order valence-corrected chi connectivity index (χ2v) is 10.8. The summed E-state index contributed by atoms with van der Waals surface area (Å²) in [6.45, 7) is 0.623. The van der Waals surface area contributed by atoms with Crippen molar-refractivity contribution in [3.63, 3.8) is 0 Å². The van der Waals surface area contributed by atoms with Crippen molar-refractivity contribution in [2.45, 2.75) is 41.5 Å². The van der Waals surface area contributed by atoms with Crippen LogP contribution in [0.25, 0.3) is 0 Å². The van der Waals surface area contributed by atoms with E-state index in [0.29, 0.717) is 28.1 Å². The van der Waals surface area contributed by atoms with E-state index in [1.165, 1.54) is 0 Å². The van der Waals surface area contributed by atoms with Crippen LogP contribution in [0.1, 0.15) is 36.0 Å². The maximum atomic E-state index is 14.1. The Morgan fingerprint density at radius 3 is 2.19 bits per heavy atom. The Morgan fingerprint density at radius 1 is 0.944 bits per heavy atom. The fraction of sp³-hybridized carbons (Fsp3) is 0.286. The fourth-order valence-corrected chi connectivity index (χ4v) is 6.50. The number of ketones is 1. The quantitative estimate of drug-likeness (QED) is 0.303. The van der Waals surface area contributed by atoms with Crippen molar-refractivity contribution in [3.05, 3.63) is 70.7 Å². The molecule has 2 heterocycles. The summed E-state index contributed by atoms with van der Waals surface area (Å²) in [5.41, 5.74) is 2.28. The molecule has 0 saturated carbocycles. The van der Waals surface area contributed by atoms with E-state index in [9.17, 15) is 9.59 Å². The van der Waals surface area contributed by atoms with E-state index in [0.717, 1.165) is 40.4 Å². The lowest BCUT2D eigenvalue weighted by Crippen LogP contribution is -2.50. The summed E-state index contributed by atoms with van der Waals surface area (Å²) in [6.07, 6.45) is 2.93. The Morgan fingerprint density at radius 2 is 1.56 bits per heavy atom. The number of nitrogens with zero attached hydrogens (tertiary/aromatic N) is 2. The van der Waals surface area contributed by atoms with Gasteiger partial charge in [-0.25, -0.2) is 4.79 Å². The highest BCUT2D eigenvalue weighted by molar-refractivity contribution is 9.10. The third-order valence-corrected chi connectivity index (χ3v) is 8.48. The van der Waals surface area contributed by atoms with Gasteiger partial charge in [-0.15, -0.1) is 0 Å². The van der Waals surface area contributed by atoms with Gasteiger partial charge in [0.1, 0.15) is 0 Å². The minimum atomic E-state index is -0.187. The molecular weight excluding hydrogens is 540 g/mol. The molecule has 1 saturated heterocycles. The molecule has 2 aliphatic rings. The van der Waals surface area contributed by atoms with Crippen molar-refractivity contribution in [2.75, 3.05) is 25.7 Å². The van der Waals surface area contributed by atoms with Crippen molar-refractivity contribution in [1.82, 2.24) is 4.90 Å². The predicted molar refractivity (Wildman–Crippen MR) is 145 cm³/mol. The van der Waals surface area contributed by atoms with Crippen LogP contribution < -0.4 is 14.4 Å². The summed E-state index contributed by atoms with van der Waals surface area (Å²) < 4.78 is 11.4. The van der Waals surface area contributed by atoms with Gasteiger partial charge in [0.2, 0.25) is 0 Å². The Hall–Kier alpha value is -2.97. The maximum Gasteiger partial charge on any atom is 0.329 e. The van der Waals surface area contributed by atoms with Gasteiger partial charge < -0.3 is 14.4 Å². The zero-order chi connectivity index (χ0) is 25.2. The molecule has 1 fully saturated rings. The average Bonchev–Trinajstić information content (AvgIpc) is 2.91. The molecule has 3 aromatic rings. The van der Waals surface area contributed by atoms with Crippen LogP contribution in [0.4, 0.5) is 16.2 Å². The third-order valence-electron chi connectivity index (χ3n) is 6.69. The van der Waals surface area contributed by atoms with Crippen molar-refractivity contribution in [1.29, 1.82) is 0 Å². The van der Waals surface area contributed by atoms with E-state index in [4.69, 9.17) is 9.47 Å². The van der Waals surface area contributed by atoms with Crippen molar-refractivity contribution >= 4 is 50.9 Å². The number of anilines is 2. The first-order chi connectivity index (χ1) is 17.5. The smallest absolute Gasteiger partial charge is 0.329 e. The molecule has 0 spiro atoms. The number of hydrogen-bond donors (Lipinski definition) is 0. The molecule has 1 atom stereocenters. The number of benzene rings is 3. The lowest BCUT2D eigenvalue weighted by atomic mass is 9.95. The number of amides is 2. The predicted octanol–water partition coefficient (Wildman–Crippen LogP) is 7.32. The van der Waals surface area contributed by atoms with Gasteiger partial charge in [0.05, 0.1) is 25.6 Å². The lowest BCUT2D eigenvalue weighted by Gasteiger charge is -2.40. The zero-order valence-corrected chi connectivity index (χ0v) is 22.6. The highest BCUT2D eigenvalue weighted by Crippen LogP contribution is 2.48. The molecule has 0 aromatic heterocycles. The summed E-state index contributed by atoms with van der Waals surface area (Å²) in [5, 5.41) is 0. The molecule has 6 nitrogen and oxygen atoms in total. The zero-order valence-electron chi connectivity index (χ0n) is 20.2. The number of halogens is 1. The number of Topliss-reactive ketones (excluding diaryl/α,β-unsaturated/α-hetero) is 1. The van der Waals surface area contributed by atoms with E-state index in [-0.39, 0.29) is 24.3 Å². The standard InChI is InChI=1S/C28H27BrN2O4S/c1-34-24-16-19(20(29)17-25(24)35-2)23(32)15-18-9-7-8-14-30(18)28(33)31-21-10-3-5-12-26(21)36-27-13-6-4-11-22(27)31/h3-6,10-13,16-18H,7-9,14-15H2,1-2H3/t18-/m1/s1. The van der Waals surface area contributed by atoms with Crippen LogP contribution in [-0.2, 0) is 0 Å². The molecule has 3 aromatic carbocycles. The number of carbonyl (C=O) groups excluding carboxylic acids is 2. The summed E-state index contributed by atoms with van der Waals surface area (Å²) in [7, 11) is 3.11. The molecular formula is C28H27BrN2O4S. The molecule has 0 N–H and O–H groups in total. The third kappa shape index (κ3) is 4.60. The van der Waals surface area contributed by atoms with E-state index >= 15 is 0 Å². The normalized spacial score (nSPS) is 16.7. The van der Waals surface area contributed by atoms with Gasteiger partial charge in [-0.2, -0.15) is 0 Å². The lowest BCUT2D eigenvalue weighted by molar-refractivity contribution is 0.0912. The monoisotopic (exact) mass is 566 g/mol. The number of urea groups is 1. The van der Waals surface area contributed by atoms with E-state index in [1.54, 1.807) is 38.1 Å². The van der Waals surface area contributed by atoms with Gasteiger partial charge in [0, 0.05) is 38.8 Å². The number of fused-ring (bicyclic) bond motifs is 2. The van der Waals surface area contributed by atoms with Crippen LogP contribution in [0.5, 0.6) is 11.5 Å². The summed E-state index contributed by atoms with van der Waals surface area (Å²) in [4.78, 5) is 33.4. The van der Waals surface area contributed by atoms with E-state index < -0.39 is 0 Å². The van der Waals surface area contributed by atoms with Gasteiger partial charge >= 0.3 is 6.03 Å². The first-order valence-electron chi connectivity index (χ1n) is 11.9. The second-order valence-electron chi connectivity index (χ2n) is 8.81. The van der Waals surface area contributed by atoms with Crippen LogP contribution in [0, 0.1) is 0 Å². The minimum absolute atomic E-state index is 0.0393. The largest absolute Gasteiger partial charge is 0.493 e. The van der Waals surface area contributed by atoms with Crippen molar-refractivity contribution in [2.24, 2.45) is 0 Å². The molecule has 2 aliphatic heterocycles. The van der Waals surface area contributed by atoms with Crippen molar-refractivity contribution < 1.29 is 19.1 Å². The molecule has 0 aliphatic carbocycles. The first kappa shape index (κ1) is 24.7. The van der Waals surface area contributed by atoms with Crippen LogP contribution in [-0.4, -0.2) is 43.5 Å². The van der Waals surface area contributed by atoms with Crippen LogP contribution in [0.15, 0.2) is 74.9 Å². The SMILES string of the molecule is COc1cc(Br)c(C(=O)C[C@H]2CCCCN2C(=O)N2c3ccccc3Sc3ccccc32)cc1OC. The van der Waals surface area contributed by atoms with Gasteiger partial charge in [-0.3, -0.25) is 9.69 Å². The molecule has 0 unspecified atom stereocenters. The number of piperidine rings is 1. The molecule has 2 amide bonds. The Bertz CT molecular complexity index is 1270. The Labute approximate surface area is 223 Å². The molecule has 0 bridgehead atoms. The second kappa shape index (κ2) is 10.6. The number of likely N-dealkylation sites (tertiary alicyclic amines) is 1. The van der Waals surface area contributed by atoms with Crippen LogP contribution in [0.2, 0.25) is 0 Å². The van der Waals surface area contributed by atoms with E-state index in [1.807, 2.05) is 58.3 Å². The molecule has 8 heteroatoms. The molecule has 186 valence electrons. The number of hydrogen-bond acceptors (Lipinski definition) is 5. The van der Waals surface area contributed by atoms with Crippen LogP contribution in [0.3, 0.4) is 0 Å². The van der Waals surface area contributed by atoms with Gasteiger partial charge in [-0.05, 0) is 71.6 Å². The summed E-state index contributed by atoms with van der Waals surface area (Å²) in [5.74, 6) is 1.01. The Balaban J connectivity index is 1.45. The number of carbonyl (C=O) groups is 2. The number of methoxy groups -OCH3 is 2. The fourth-order valence-electron chi connectivity index (χ4n) is 4.90. The van der Waals surface area contributed by atoms with Gasteiger partial charge in [0.15, 0.2) is 17.3 Å². The van der Waals surface area contributed by atoms with Gasteiger partial charge in [0.25, 0.3) is 0 Å². The number of ether oxygens (including phenoxy) is 2. The summed E-state index contributed by atoms with van der Waals surface area (Å²) >= 11 is 5.19. The Kier molecular flexibility index (Phi) is 7.25. The molecule has 5 rings (SSSR count). The van der Waals surface area contributed by atoms with E-state index in [2.05, 4.69) is 15.9 Å². The van der Waals surface area contributed by atoms with Gasteiger partial charge in [-0.1, -0.05) is 36.0 Å². The molecule has 0 radical (unpaired) electrons. The highest BCUT2D eigenvalue weighted by Gasteiger charge is 2.36. The minimum Gasteiger partial charge on any atom is -0.493 e.